The maximum atomic E-state index is 4.53. The number of pyridine rings is 1. The number of hydrogen-bond donors (Lipinski definition) is 1. The van der Waals surface area contributed by atoms with Gasteiger partial charge in [0, 0.05) is 28.9 Å². The Hall–Kier alpha value is -2.27. The summed E-state index contributed by atoms with van der Waals surface area (Å²) in [6.45, 7) is 3.90. The maximum Gasteiger partial charge on any atom is 0.157 e. The molecule has 1 N–H and O–H groups in total. The lowest BCUT2D eigenvalue weighted by molar-refractivity contribution is 0.405. The Balaban J connectivity index is 2.02. The summed E-state index contributed by atoms with van der Waals surface area (Å²) in [6, 6.07) is 8.17. The molecule has 114 valence electrons. The molecule has 0 saturated carbocycles. The zero-order valence-corrected chi connectivity index (χ0v) is 13.3. The summed E-state index contributed by atoms with van der Waals surface area (Å²) in [5, 5.41) is 15.4. The van der Waals surface area contributed by atoms with Gasteiger partial charge in [-0.15, -0.1) is 5.10 Å². The molecule has 0 aliphatic heterocycles. The van der Waals surface area contributed by atoms with Crippen LogP contribution in [-0.4, -0.2) is 47.3 Å². The molecule has 1 aromatic carbocycles. The number of aromatic nitrogens is 3. The van der Waals surface area contributed by atoms with E-state index in [-0.39, 0.29) is 0 Å². The number of fused-ring (bicyclic) bond motifs is 3. The molecule has 0 radical (unpaired) electrons. The van der Waals surface area contributed by atoms with Gasteiger partial charge in [-0.1, -0.05) is 18.2 Å². The Morgan fingerprint density at radius 3 is 2.73 bits per heavy atom. The molecule has 2 heterocycles. The zero-order valence-electron chi connectivity index (χ0n) is 13.3. The quantitative estimate of drug-likeness (QED) is 0.579. The normalized spacial score (nSPS) is 11.5. The summed E-state index contributed by atoms with van der Waals surface area (Å²) in [6.07, 6.45) is 2.96. The summed E-state index contributed by atoms with van der Waals surface area (Å²) < 4.78 is 0. The Kier molecular flexibility index (Phi) is 4.15. The second kappa shape index (κ2) is 6.23. The minimum Gasteiger partial charge on any atom is -0.368 e. The van der Waals surface area contributed by atoms with Crippen LogP contribution in [0.4, 0.5) is 5.82 Å². The second-order valence-corrected chi connectivity index (χ2v) is 5.78. The van der Waals surface area contributed by atoms with Crippen LogP contribution in [0.5, 0.6) is 0 Å². The van der Waals surface area contributed by atoms with Gasteiger partial charge in [0.1, 0.15) is 0 Å². The SMILES string of the molecule is Cc1nnc(NCCCN(C)C)c2c1cnc1ccccc12. The van der Waals surface area contributed by atoms with E-state index in [0.717, 1.165) is 52.7 Å². The van der Waals surface area contributed by atoms with Crippen LogP contribution in [-0.2, 0) is 0 Å². The van der Waals surface area contributed by atoms with E-state index in [1.54, 1.807) is 0 Å². The molecule has 5 nitrogen and oxygen atoms in total. The van der Waals surface area contributed by atoms with Gasteiger partial charge >= 0.3 is 0 Å². The van der Waals surface area contributed by atoms with Crippen LogP contribution in [0.1, 0.15) is 12.1 Å². The van der Waals surface area contributed by atoms with Crippen molar-refractivity contribution in [3.63, 3.8) is 0 Å². The third-order valence-corrected chi connectivity index (χ3v) is 3.78. The van der Waals surface area contributed by atoms with Crippen molar-refractivity contribution in [1.82, 2.24) is 20.1 Å². The van der Waals surface area contributed by atoms with Crippen LogP contribution in [0.3, 0.4) is 0 Å². The van der Waals surface area contributed by atoms with E-state index in [1.165, 1.54) is 0 Å². The number of nitrogens with one attached hydrogen (secondary N) is 1. The Morgan fingerprint density at radius 1 is 1.09 bits per heavy atom. The first-order chi connectivity index (χ1) is 10.7. The number of anilines is 1. The number of benzene rings is 1. The highest BCUT2D eigenvalue weighted by Gasteiger charge is 2.10. The van der Waals surface area contributed by atoms with E-state index in [2.05, 4.69) is 45.6 Å². The minimum absolute atomic E-state index is 0.845. The first-order valence-electron chi connectivity index (χ1n) is 7.56. The molecule has 0 aliphatic rings. The van der Waals surface area contributed by atoms with Crippen LogP contribution >= 0.6 is 0 Å². The number of hydrogen-bond acceptors (Lipinski definition) is 5. The lowest BCUT2D eigenvalue weighted by Crippen LogP contribution is -2.17. The fourth-order valence-electron chi connectivity index (χ4n) is 2.63. The van der Waals surface area contributed by atoms with Crippen LogP contribution in [0, 0.1) is 6.92 Å². The topological polar surface area (TPSA) is 53.9 Å². The van der Waals surface area contributed by atoms with E-state index in [4.69, 9.17) is 0 Å². The molecule has 0 amide bonds. The predicted octanol–water partition coefficient (Wildman–Crippen LogP) is 2.85. The molecule has 0 spiro atoms. The third kappa shape index (κ3) is 2.85. The Bertz CT molecular complexity index is 798. The van der Waals surface area contributed by atoms with Gasteiger partial charge in [-0.25, -0.2) is 0 Å². The van der Waals surface area contributed by atoms with Crippen LogP contribution < -0.4 is 5.32 Å². The Morgan fingerprint density at radius 2 is 1.91 bits per heavy atom. The van der Waals surface area contributed by atoms with Crippen LogP contribution in [0.15, 0.2) is 30.5 Å². The van der Waals surface area contributed by atoms with Gasteiger partial charge in [0.05, 0.1) is 11.2 Å². The molecule has 0 atom stereocenters. The lowest BCUT2D eigenvalue weighted by atomic mass is 10.1. The van der Waals surface area contributed by atoms with Gasteiger partial charge in [0.25, 0.3) is 0 Å². The molecule has 3 rings (SSSR count). The van der Waals surface area contributed by atoms with Gasteiger partial charge in [0.2, 0.25) is 0 Å². The number of para-hydroxylation sites is 1. The number of rotatable bonds is 5. The van der Waals surface area contributed by atoms with Crippen molar-refractivity contribution in [2.75, 3.05) is 32.5 Å². The van der Waals surface area contributed by atoms with Gasteiger partial charge in [-0.3, -0.25) is 4.98 Å². The molecule has 22 heavy (non-hydrogen) atoms. The van der Waals surface area contributed by atoms with Crippen molar-refractivity contribution in [1.29, 1.82) is 0 Å². The highest BCUT2D eigenvalue weighted by molar-refractivity contribution is 6.11. The fourth-order valence-corrected chi connectivity index (χ4v) is 2.63. The average Bonchev–Trinajstić information content (AvgIpc) is 2.53. The van der Waals surface area contributed by atoms with E-state index in [1.807, 2.05) is 31.3 Å². The molecule has 0 saturated heterocycles. The average molecular weight is 295 g/mol. The largest absolute Gasteiger partial charge is 0.368 e. The summed E-state index contributed by atoms with van der Waals surface area (Å²) in [4.78, 5) is 6.71. The second-order valence-electron chi connectivity index (χ2n) is 5.78. The molecule has 0 unspecified atom stereocenters. The van der Waals surface area contributed by atoms with Crippen molar-refractivity contribution in [3.05, 3.63) is 36.2 Å². The third-order valence-electron chi connectivity index (χ3n) is 3.78. The zero-order chi connectivity index (χ0) is 15.5. The molecular formula is C17H21N5. The maximum absolute atomic E-state index is 4.53. The van der Waals surface area contributed by atoms with Gasteiger partial charge in [-0.05, 0) is 40.1 Å². The number of nitrogens with zero attached hydrogens (tertiary/aromatic N) is 4. The monoisotopic (exact) mass is 295 g/mol. The minimum atomic E-state index is 0.845. The molecule has 0 bridgehead atoms. The summed E-state index contributed by atoms with van der Waals surface area (Å²) in [5.74, 6) is 0.845. The molecular weight excluding hydrogens is 274 g/mol. The first kappa shape index (κ1) is 14.7. The molecule has 0 fully saturated rings. The number of aryl methyl sites for hydroxylation is 1. The first-order valence-corrected chi connectivity index (χ1v) is 7.56. The van der Waals surface area contributed by atoms with E-state index in [0.29, 0.717) is 0 Å². The highest BCUT2D eigenvalue weighted by Crippen LogP contribution is 2.29. The predicted molar refractivity (Wildman–Crippen MR) is 91.2 cm³/mol. The van der Waals surface area contributed by atoms with Crippen molar-refractivity contribution in [2.45, 2.75) is 13.3 Å². The summed E-state index contributed by atoms with van der Waals surface area (Å²) >= 11 is 0. The van der Waals surface area contributed by atoms with Gasteiger partial charge in [-0.2, -0.15) is 5.10 Å². The van der Waals surface area contributed by atoms with Gasteiger partial charge in [0.15, 0.2) is 5.82 Å². The highest BCUT2D eigenvalue weighted by atomic mass is 15.2. The van der Waals surface area contributed by atoms with Crippen molar-refractivity contribution < 1.29 is 0 Å². The van der Waals surface area contributed by atoms with Crippen molar-refractivity contribution >= 4 is 27.5 Å². The smallest absolute Gasteiger partial charge is 0.157 e. The van der Waals surface area contributed by atoms with E-state index >= 15 is 0 Å². The Labute approximate surface area is 130 Å². The van der Waals surface area contributed by atoms with Crippen molar-refractivity contribution in [2.24, 2.45) is 0 Å². The standard InChI is InChI=1S/C17H21N5/c1-12-14-11-19-15-8-5-4-7-13(15)16(14)17(21-20-12)18-9-6-10-22(2)3/h4-5,7-8,11H,6,9-10H2,1-3H3,(H,18,21). The molecule has 0 aliphatic carbocycles. The van der Waals surface area contributed by atoms with Gasteiger partial charge < -0.3 is 10.2 Å². The van der Waals surface area contributed by atoms with Crippen molar-refractivity contribution in [3.8, 4) is 0 Å². The van der Waals surface area contributed by atoms with E-state index < -0.39 is 0 Å². The van der Waals surface area contributed by atoms with Crippen LogP contribution in [0.25, 0.3) is 21.7 Å². The lowest BCUT2D eigenvalue weighted by Gasteiger charge is -2.13. The fraction of sp³-hybridized carbons (Fsp3) is 0.353. The van der Waals surface area contributed by atoms with Crippen LogP contribution in [0.2, 0.25) is 0 Å². The molecule has 5 heteroatoms. The van der Waals surface area contributed by atoms with E-state index in [9.17, 15) is 0 Å². The molecule has 3 aromatic rings. The molecule has 2 aromatic heterocycles. The summed E-state index contributed by atoms with van der Waals surface area (Å²) in [7, 11) is 4.17. The summed E-state index contributed by atoms with van der Waals surface area (Å²) in [5.41, 5.74) is 1.89.